The molecule has 0 radical (unpaired) electrons. The molecule has 1 heterocycles. The molecule has 0 spiro atoms. The fourth-order valence-corrected chi connectivity index (χ4v) is 4.25. The van der Waals surface area contributed by atoms with Crippen molar-refractivity contribution in [3.8, 4) is 0 Å². The molecule has 0 aliphatic carbocycles. The summed E-state index contributed by atoms with van der Waals surface area (Å²) in [6, 6.07) is 3.04. The molecule has 1 N–H and O–H groups in total. The van der Waals surface area contributed by atoms with Crippen molar-refractivity contribution >= 4 is 31.9 Å². The zero-order valence-electron chi connectivity index (χ0n) is 10.4. The van der Waals surface area contributed by atoms with Gasteiger partial charge in [0.05, 0.1) is 10.2 Å². The van der Waals surface area contributed by atoms with Gasteiger partial charge in [0.15, 0.2) is 0 Å². The summed E-state index contributed by atoms with van der Waals surface area (Å²) in [5, 5.41) is 9.02. The monoisotopic (exact) mass is 365 g/mol. The Morgan fingerprint density at radius 3 is 2.80 bits per heavy atom. The molecule has 0 saturated carbocycles. The Morgan fingerprint density at radius 2 is 2.20 bits per heavy atom. The average molecular weight is 366 g/mol. The fourth-order valence-electron chi connectivity index (χ4n) is 2.24. The van der Waals surface area contributed by atoms with E-state index >= 15 is 0 Å². The predicted molar refractivity (Wildman–Crippen MR) is 74.1 cm³/mol. The summed E-state index contributed by atoms with van der Waals surface area (Å²) in [6.45, 7) is 0.193. The minimum Gasteiger partial charge on any atom is -0.480 e. The van der Waals surface area contributed by atoms with Crippen LogP contribution in [0.4, 0.5) is 4.39 Å². The lowest BCUT2D eigenvalue weighted by Gasteiger charge is -2.20. The second kappa shape index (κ2) is 5.79. The maximum atomic E-state index is 13.4. The standard InChI is InChI=1S/C12H13BrFNO4S/c13-9-4-3-8(6-10(9)14)7-20(18,19)15-5-1-2-11(15)12(16)17/h3-4,6,11H,1-2,5,7H2,(H,16,17)/t11-/m1/s1. The summed E-state index contributed by atoms with van der Waals surface area (Å²) in [6.07, 6.45) is 0.828. The Balaban J connectivity index is 2.22. The number of carboxylic acid groups (broad SMARTS) is 1. The number of benzene rings is 1. The van der Waals surface area contributed by atoms with Gasteiger partial charge >= 0.3 is 5.97 Å². The smallest absolute Gasteiger partial charge is 0.322 e. The Hall–Kier alpha value is -0.990. The van der Waals surface area contributed by atoms with Crippen molar-refractivity contribution in [2.75, 3.05) is 6.54 Å². The SMILES string of the molecule is O=C(O)[C@H]1CCCN1S(=O)(=O)Cc1ccc(Br)c(F)c1. The van der Waals surface area contributed by atoms with Gasteiger partial charge in [-0.1, -0.05) is 6.07 Å². The molecule has 5 nitrogen and oxygen atoms in total. The first-order valence-electron chi connectivity index (χ1n) is 5.97. The largest absolute Gasteiger partial charge is 0.480 e. The molecule has 1 aliphatic rings. The van der Waals surface area contributed by atoms with Crippen LogP contribution in [0, 0.1) is 5.82 Å². The van der Waals surface area contributed by atoms with Crippen molar-refractivity contribution in [1.82, 2.24) is 4.31 Å². The van der Waals surface area contributed by atoms with Gasteiger partial charge in [-0.2, -0.15) is 4.31 Å². The molecule has 20 heavy (non-hydrogen) atoms. The van der Waals surface area contributed by atoms with Crippen molar-refractivity contribution in [2.24, 2.45) is 0 Å². The van der Waals surface area contributed by atoms with Crippen LogP contribution in [0.1, 0.15) is 18.4 Å². The normalized spacial score (nSPS) is 20.2. The average Bonchev–Trinajstić information content (AvgIpc) is 2.83. The second-order valence-corrected chi connectivity index (χ2v) is 7.39. The quantitative estimate of drug-likeness (QED) is 0.884. The van der Waals surface area contributed by atoms with Gasteiger partial charge in [-0.25, -0.2) is 12.8 Å². The van der Waals surface area contributed by atoms with E-state index < -0.39 is 33.6 Å². The van der Waals surface area contributed by atoms with Crippen molar-refractivity contribution in [3.63, 3.8) is 0 Å². The van der Waals surface area contributed by atoms with Crippen LogP contribution >= 0.6 is 15.9 Å². The van der Waals surface area contributed by atoms with Crippen molar-refractivity contribution < 1.29 is 22.7 Å². The summed E-state index contributed by atoms with van der Waals surface area (Å²) >= 11 is 2.99. The lowest BCUT2D eigenvalue weighted by molar-refractivity contribution is -0.140. The zero-order valence-corrected chi connectivity index (χ0v) is 12.8. The highest BCUT2D eigenvalue weighted by Gasteiger charge is 2.38. The van der Waals surface area contributed by atoms with E-state index in [-0.39, 0.29) is 11.0 Å². The maximum absolute atomic E-state index is 13.4. The zero-order chi connectivity index (χ0) is 14.9. The van der Waals surface area contributed by atoms with E-state index in [0.717, 1.165) is 10.4 Å². The highest BCUT2D eigenvalue weighted by Crippen LogP contribution is 2.25. The van der Waals surface area contributed by atoms with Gasteiger partial charge in [-0.15, -0.1) is 0 Å². The molecule has 1 aromatic carbocycles. The molecule has 1 atom stereocenters. The van der Waals surface area contributed by atoms with Crippen LogP contribution in [0.2, 0.25) is 0 Å². The maximum Gasteiger partial charge on any atom is 0.322 e. The third kappa shape index (κ3) is 3.18. The van der Waals surface area contributed by atoms with Gasteiger partial charge in [0, 0.05) is 6.54 Å². The van der Waals surface area contributed by atoms with Gasteiger partial charge in [0.1, 0.15) is 11.9 Å². The van der Waals surface area contributed by atoms with Crippen LogP contribution in [0.15, 0.2) is 22.7 Å². The molecule has 0 unspecified atom stereocenters. The van der Waals surface area contributed by atoms with Crippen LogP contribution in [0.5, 0.6) is 0 Å². The molecule has 0 amide bonds. The molecule has 110 valence electrons. The Labute approximate surface area is 124 Å². The molecular weight excluding hydrogens is 353 g/mol. The third-order valence-corrected chi connectivity index (χ3v) is 5.67. The molecule has 1 aromatic rings. The first-order chi connectivity index (χ1) is 9.31. The highest BCUT2D eigenvalue weighted by atomic mass is 79.9. The van der Waals surface area contributed by atoms with Gasteiger partial charge in [0.25, 0.3) is 0 Å². The van der Waals surface area contributed by atoms with E-state index in [1.807, 2.05) is 0 Å². The number of carboxylic acids is 1. The number of rotatable bonds is 4. The fraction of sp³-hybridized carbons (Fsp3) is 0.417. The van der Waals surface area contributed by atoms with Crippen LogP contribution < -0.4 is 0 Å². The number of carbonyl (C=O) groups is 1. The molecule has 8 heteroatoms. The van der Waals surface area contributed by atoms with Gasteiger partial charge < -0.3 is 5.11 Å². The first-order valence-corrected chi connectivity index (χ1v) is 8.38. The predicted octanol–water partition coefficient (Wildman–Crippen LogP) is 1.97. The van der Waals surface area contributed by atoms with Gasteiger partial charge in [-0.3, -0.25) is 4.79 Å². The van der Waals surface area contributed by atoms with E-state index in [1.54, 1.807) is 0 Å². The van der Waals surface area contributed by atoms with Crippen molar-refractivity contribution in [2.45, 2.75) is 24.6 Å². The van der Waals surface area contributed by atoms with Crippen molar-refractivity contribution in [1.29, 1.82) is 0 Å². The number of hydrogen-bond acceptors (Lipinski definition) is 3. The number of hydrogen-bond donors (Lipinski definition) is 1. The molecule has 0 aromatic heterocycles. The van der Waals surface area contributed by atoms with E-state index in [1.165, 1.54) is 12.1 Å². The summed E-state index contributed by atoms with van der Waals surface area (Å²) in [7, 11) is -3.77. The molecular formula is C12H13BrFNO4S. The highest BCUT2D eigenvalue weighted by molar-refractivity contribution is 9.10. The number of nitrogens with zero attached hydrogens (tertiary/aromatic N) is 1. The summed E-state index contributed by atoms with van der Waals surface area (Å²) in [4.78, 5) is 11.0. The van der Waals surface area contributed by atoms with E-state index in [2.05, 4.69) is 15.9 Å². The molecule has 1 aliphatic heterocycles. The minimum atomic E-state index is -3.77. The van der Waals surface area contributed by atoms with Crippen LogP contribution in [0.25, 0.3) is 0 Å². The van der Waals surface area contributed by atoms with Crippen LogP contribution in [-0.4, -0.2) is 36.4 Å². The lowest BCUT2D eigenvalue weighted by Crippen LogP contribution is -2.40. The Kier molecular flexibility index (Phi) is 4.46. The minimum absolute atomic E-state index is 0.193. The summed E-state index contributed by atoms with van der Waals surface area (Å²) < 4.78 is 39.1. The summed E-state index contributed by atoms with van der Waals surface area (Å²) in [5.74, 6) is -2.09. The van der Waals surface area contributed by atoms with E-state index in [9.17, 15) is 17.6 Å². The van der Waals surface area contributed by atoms with Crippen LogP contribution in [-0.2, 0) is 20.6 Å². The first kappa shape index (κ1) is 15.4. The van der Waals surface area contributed by atoms with Gasteiger partial charge in [-0.05, 0) is 46.5 Å². The van der Waals surface area contributed by atoms with E-state index in [0.29, 0.717) is 18.4 Å². The Morgan fingerprint density at radius 1 is 1.50 bits per heavy atom. The topological polar surface area (TPSA) is 74.7 Å². The molecule has 1 fully saturated rings. The van der Waals surface area contributed by atoms with E-state index in [4.69, 9.17) is 5.11 Å². The van der Waals surface area contributed by atoms with Crippen LogP contribution in [0.3, 0.4) is 0 Å². The second-order valence-electron chi connectivity index (χ2n) is 4.61. The van der Waals surface area contributed by atoms with Gasteiger partial charge in [0.2, 0.25) is 10.0 Å². The Bertz CT molecular complexity index is 634. The number of halogens is 2. The summed E-state index contributed by atoms with van der Waals surface area (Å²) in [5.41, 5.74) is 0.293. The molecule has 2 rings (SSSR count). The number of sulfonamides is 1. The van der Waals surface area contributed by atoms with Crippen molar-refractivity contribution in [3.05, 3.63) is 34.1 Å². The third-order valence-electron chi connectivity index (χ3n) is 3.18. The number of aliphatic carboxylic acids is 1. The molecule has 0 bridgehead atoms. The molecule has 1 saturated heterocycles. The lowest BCUT2D eigenvalue weighted by atomic mass is 10.2.